The molecule has 0 saturated carbocycles. The molecule has 0 bridgehead atoms. The molecule has 0 radical (unpaired) electrons. The van der Waals surface area contributed by atoms with Gasteiger partial charge in [0, 0.05) is 34.0 Å². The van der Waals surface area contributed by atoms with E-state index in [-0.39, 0.29) is 18.0 Å². The van der Waals surface area contributed by atoms with Crippen LogP contribution >= 0.6 is 35.4 Å². The summed E-state index contributed by atoms with van der Waals surface area (Å²) in [5.41, 5.74) is 2.30. The number of pyridine rings is 1. The van der Waals surface area contributed by atoms with E-state index in [9.17, 15) is 4.79 Å². The van der Waals surface area contributed by atoms with Crippen molar-refractivity contribution in [3.8, 4) is 17.1 Å². The number of nitrogens with one attached hydrogen (secondary N) is 2. The van der Waals surface area contributed by atoms with Crippen molar-refractivity contribution in [3.05, 3.63) is 94.4 Å². The summed E-state index contributed by atoms with van der Waals surface area (Å²) in [6.07, 6.45) is 1.75. The molecular formula is C30H28Cl2N4O3S. The molecule has 10 heteroatoms. The second-order valence-corrected chi connectivity index (χ2v) is 11.6. The largest absolute Gasteiger partial charge is 0.494 e. The van der Waals surface area contributed by atoms with E-state index in [1.54, 1.807) is 25.4 Å². The zero-order valence-corrected chi connectivity index (χ0v) is 24.7. The molecule has 1 amide bonds. The number of anilines is 2. The Kier molecular flexibility index (Phi) is 7.77. The average Bonchev–Trinajstić information content (AvgIpc) is 3.53. The van der Waals surface area contributed by atoms with Gasteiger partial charge in [0.2, 0.25) is 5.91 Å². The SMILES string of the molecule is COc1cc(N2C(=S)N[C@H](c3ccccn3)[C@@H]2c2ccc(-c3ccc(Cl)cc3Cl)o2)ccc1NC(=O)C(C)(C)C. The Morgan fingerprint density at radius 2 is 1.90 bits per heavy atom. The summed E-state index contributed by atoms with van der Waals surface area (Å²) in [6.45, 7) is 5.57. The van der Waals surface area contributed by atoms with Gasteiger partial charge in [0.05, 0.1) is 29.6 Å². The third-order valence-corrected chi connectivity index (χ3v) is 7.47. The van der Waals surface area contributed by atoms with Crippen LogP contribution in [0.2, 0.25) is 10.0 Å². The molecule has 0 unspecified atom stereocenters. The van der Waals surface area contributed by atoms with Gasteiger partial charge in [-0.2, -0.15) is 0 Å². The molecule has 1 saturated heterocycles. The van der Waals surface area contributed by atoms with Crippen molar-refractivity contribution in [1.82, 2.24) is 10.3 Å². The first-order chi connectivity index (χ1) is 19.1. The molecule has 2 atom stereocenters. The van der Waals surface area contributed by atoms with Gasteiger partial charge in [-0.25, -0.2) is 0 Å². The van der Waals surface area contributed by atoms with Gasteiger partial charge in [-0.1, -0.05) is 50.0 Å². The molecule has 2 aromatic heterocycles. The van der Waals surface area contributed by atoms with Crippen molar-refractivity contribution in [2.45, 2.75) is 32.9 Å². The lowest BCUT2D eigenvalue weighted by Crippen LogP contribution is -2.30. The molecule has 1 fully saturated rings. The number of aromatic nitrogens is 1. The summed E-state index contributed by atoms with van der Waals surface area (Å²) in [7, 11) is 1.56. The van der Waals surface area contributed by atoms with Crippen LogP contribution in [0.15, 0.2) is 77.3 Å². The molecular weight excluding hydrogens is 567 g/mol. The van der Waals surface area contributed by atoms with Gasteiger partial charge in [0.25, 0.3) is 0 Å². The Labute approximate surface area is 248 Å². The third-order valence-electron chi connectivity index (χ3n) is 6.61. The Morgan fingerprint density at radius 1 is 1.10 bits per heavy atom. The van der Waals surface area contributed by atoms with E-state index in [0.29, 0.717) is 38.1 Å². The van der Waals surface area contributed by atoms with Gasteiger partial charge in [-0.15, -0.1) is 0 Å². The van der Waals surface area contributed by atoms with Gasteiger partial charge < -0.3 is 24.7 Å². The van der Waals surface area contributed by atoms with E-state index >= 15 is 0 Å². The summed E-state index contributed by atoms with van der Waals surface area (Å²) in [5.74, 6) is 1.65. The van der Waals surface area contributed by atoms with Crippen LogP contribution in [0.3, 0.4) is 0 Å². The molecule has 2 aromatic carbocycles. The smallest absolute Gasteiger partial charge is 0.229 e. The van der Waals surface area contributed by atoms with Crippen molar-refractivity contribution >= 4 is 57.8 Å². The highest BCUT2D eigenvalue weighted by Gasteiger charge is 2.43. The number of rotatable bonds is 6. The number of thiocarbonyl (C=S) groups is 1. The molecule has 40 heavy (non-hydrogen) atoms. The molecule has 4 aromatic rings. The van der Waals surface area contributed by atoms with Gasteiger partial charge in [-0.3, -0.25) is 9.78 Å². The van der Waals surface area contributed by atoms with Crippen LogP contribution in [-0.4, -0.2) is 23.1 Å². The number of furan rings is 1. The lowest BCUT2D eigenvalue weighted by Gasteiger charge is -2.27. The van der Waals surface area contributed by atoms with Crippen LogP contribution in [0, 0.1) is 5.41 Å². The summed E-state index contributed by atoms with van der Waals surface area (Å²) in [4.78, 5) is 19.2. The fourth-order valence-electron chi connectivity index (χ4n) is 4.51. The number of hydrogen-bond acceptors (Lipinski definition) is 5. The lowest BCUT2D eigenvalue weighted by molar-refractivity contribution is -0.123. The minimum Gasteiger partial charge on any atom is -0.494 e. The fourth-order valence-corrected chi connectivity index (χ4v) is 5.36. The summed E-state index contributed by atoms with van der Waals surface area (Å²) >= 11 is 18.4. The summed E-state index contributed by atoms with van der Waals surface area (Å²) in [5, 5.41) is 7.91. The molecule has 5 rings (SSSR count). The minimum atomic E-state index is -0.560. The number of carbonyl (C=O) groups is 1. The number of ether oxygens (including phenoxy) is 1. The monoisotopic (exact) mass is 594 g/mol. The quantitative estimate of drug-likeness (QED) is 0.220. The molecule has 0 spiro atoms. The highest BCUT2D eigenvalue weighted by Crippen LogP contribution is 2.45. The van der Waals surface area contributed by atoms with Crippen LogP contribution in [0.1, 0.15) is 44.3 Å². The van der Waals surface area contributed by atoms with E-state index in [0.717, 1.165) is 16.9 Å². The van der Waals surface area contributed by atoms with E-state index in [1.165, 1.54) is 0 Å². The van der Waals surface area contributed by atoms with Crippen LogP contribution in [0.25, 0.3) is 11.3 Å². The Bertz CT molecular complexity index is 1570. The van der Waals surface area contributed by atoms with Crippen molar-refractivity contribution in [2.24, 2.45) is 5.41 Å². The number of halogens is 2. The number of hydrogen-bond donors (Lipinski definition) is 2. The maximum atomic E-state index is 12.7. The predicted octanol–water partition coefficient (Wildman–Crippen LogP) is 7.82. The van der Waals surface area contributed by atoms with Crippen LogP contribution in [0.4, 0.5) is 11.4 Å². The summed E-state index contributed by atoms with van der Waals surface area (Å²) in [6, 6.07) is 19.7. The van der Waals surface area contributed by atoms with Gasteiger partial charge in [-0.05, 0) is 66.8 Å². The number of nitrogens with zero attached hydrogens (tertiary/aromatic N) is 2. The fraction of sp³-hybridized carbons (Fsp3) is 0.233. The van der Waals surface area contributed by atoms with Gasteiger partial charge in [0.15, 0.2) is 5.11 Å². The predicted molar refractivity (Wildman–Crippen MR) is 163 cm³/mol. The first kappa shape index (κ1) is 28.0. The second-order valence-electron chi connectivity index (χ2n) is 10.4. The van der Waals surface area contributed by atoms with Crippen molar-refractivity contribution in [2.75, 3.05) is 17.3 Å². The standard InChI is InChI=1S/C30H28Cl2N4O3S/c1-30(2,3)28(37)34-21-11-9-18(16-25(21)38-4)36-27(26(35-29(36)40)22-7-5-6-14-33-22)24-13-12-23(39-24)19-10-8-17(31)15-20(19)32/h5-16,26-27H,1-4H3,(H,34,37)(H,35,40)/t26-,27+/m1/s1. The average molecular weight is 596 g/mol. The molecule has 7 nitrogen and oxygen atoms in total. The number of methoxy groups -OCH3 is 1. The number of carbonyl (C=O) groups excluding carboxylic acids is 1. The number of benzene rings is 2. The van der Waals surface area contributed by atoms with E-state index in [1.807, 2.05) is 80.3 Å². The highest BCUT2D eigenvalue weighted by atomic mass is 35.5. The number of amides is 1. The second kappa shape index (κ2) is 11.1. The van der Waals surface area contributed by atoms with Crippen LogP contribution in [-0.2, 0) is 4.79 Å². The topological polar surface area (TPSA) is 79.6 Å². The maximum Gasteiger partial charge on any atom is 0.229 e. The zero-order valence-electron chi connectivity index (χ0n) is 22.4. The van der Waals surface area contributed by atoms with Gasteiger partial charge in [0.1, 0.15) is 23.3 Å². The minimum absolute atomic E-state index is 0.117. The molecule has 1 aliphatic heterocycles. The maximum absolute atomic E-state index is 12.7. The van der Waals surface area contributed by atoms with Crippen molar-refractivity contribution in [3.63, 3.8) is 0 Å². The van der Waals surface area contributed by atoms with E-state index < -0.39 is 5.41 Å². The summed E-state index contributed by atoms with van der Waals surface area (Å²) < 4.78 is 12.1. The zero-order chi connectivity index (χ0) is 28.6. The third kappa shape index (κ3) is 5.52. The van der Waals surface area contributed by atoms with E-state index in [4.69, 9.17) is 44.6 Å². The molecule has 206 valence electrons. The van der Waals surface area contributed by atoms with Crippen molar-refractivity contribution < 1.29 is 13.9 Å². The molecule has 2 N–H and O–H groups in total. The molecule has 0 aliphatic carbocycles. The van der Waals surface area contributed by atoms with Crippen LogP contribution in [0.5, 0.6) is 5.75 Å². The Morgan fingerprint density at radius 3 is 2.58 bits per heavy atom. The Balaban J connectivity index is 1.57. The molecule has 3 heterocycles. The normalized spacial score (nSPS) is 17.1. The lowest BCUT2D eigenvalue weighted by atomic mass is 9.95. The van der Waals surface area contributed by atoms with Gasteiger partial charge >= 0.3 is 0 Å². The first-order valence-electron chi connectivity index (χ1n) is 12.6. The Hall–Kier alpha value is -3.59. The van der Waals surface area contributed by atoms with Crippen LogP contribution < -0.4 is 20.3 Å². The first-order valence-corrected chi connectivity index (χ1v) is 13.8. The highest BCUT2D eigenvalue weighted by molar-refractivity contribution is 7.80. The van der Waals surface area contributed by atoms with Crippen molar-refractivity contribution in [1.29, 1.82) is 0 Å². The van der Waals surface area contributed by atoms with E-state index in [2.05, 4.69) is 15.6 Å². The molecule has 1 aliphatic rings.